The first-order chi connectivity index (χ1) is 11.1. The fourth-order valence-corrected chi connectivity index (χ4v) is 5.21. The molecule has 2 saturated carbocycles. The highest BCUT2D eigenvalue weighted by atomic mass is 32.1. The number of thiazole rings is 1. The molecule has 0 saturated heterocycles. The second-order valence-electron chi connectivity index (χ2n) is 7.09. The third-order valence-electron chi connectivity index (χ3n) is 5.40. The van der Waals surface area contributed by atoms with Gasteiger partial charge in [0.25, 0.3) is 0 Å². The molecule has 1 atom stereocenters. The Bertz CT molecular complexity index is 671. The molecule has 6 heteroatoms. The number of aliphatic hydroxyl groups excluding tert-OH is 1. The number of aromatic nitrogens is 2. The van der Waals surface area contributed by atoms with Crippen LogP contribution in [0.1, 0.15) is 67.5 Å². The van der Waals surface area contributed by atoms with Crippen molar-refractivity contribution in [3.8, 4) is 0 Å². The predicted octanol–water partition coefficient (Wildman–Crippen LogP) is 4.77. The van der Waals surface area contributed by atoms with Crippen molar-refractivity contribution >= 4 is 16.2 Å². The highest BCUT2D eigenvalue weighted by Gasteiger charge is 2.34. The van der Waals surface area contributed by atoms with E-state index < -0.39 is 18.4 Å². The summed E-state index contributed by atoms with van der Waals surface area (Å²) in [4.78, 5) is 6.57. The lowest BCUT2D eigenvalue weighted by Gasteiger charge is -2.29. The Morgan fingerprint density at radius 3 is 2.61 bits per heavy atom. The summed E-state index contributed by atoms with van der Waals surface area (Å²) in [6.07, 6.45) is 6.82. The summed E-state index contributed by atoms with van der Waals surface area (Å²) in [6.45, 7) is 0. The summed E-state index contributed by atoms with van der Waals surface area (Å²) in [5.41, 5.74) is 1.00. The Labute approximate surface area is 138 Å². The quantitative estimate of drug-likeness (QED) is 0.851. The molecule has 2 aliphatic carbocycles. The smallest absolute Gasteiger partial charge is 0.241 e. The van der Waals surface area contributed by atoms with Crippen molar-refractivity contribution in [2.45, 2.75) is 63.4 Å². The minimum absolute atomic E-state index is 0.352. The zero-order valence-corrected chi connectivity index (χ0v) is 13.8. The van der Waals surface area contributed by atoms with Crippen LogP contribution in [0.2, 0.25) is 0 Å². The van der Waals surface area contributed by atoms with Crippen LogP contribution in [-0.4, -0.2) is 20.9 Å². The maximum atomic E-state index is 12.8. The van der Waals surface area contributed by atoms with Crippen LogP contribution in [0.25, 0.3) is 4.83 Å². The Hall–Kier alpha value is -1.01. The van der Waals surface area contributed by atoms with Gasteiger partial charge in [-0.2, -0.15) is 0 Å². The second kappa shape index (κ2) is 6.13. The molecular formula is C17H22F2N2OS. The molecule has 3 nitrogen and oxygen atoms in total. The molecule has 0 spiro atoms. The molecular weight excluding hydrogens is 318 g/mol. The first-order valence-electron chi connectivity index (χ1n) is 8.54. The van der Waals surface area contributed by atoms with Gasteiger partial charge in [0.2, 0.25) is 6.43 Å². The summed E-state index contributed by atoms with van der Waals surface area (Å²) in [6, 6.07) is 0. The van der Waals surface area contributed by atoms with E-state index in [0.717, 1.165) is 23.4 Å². The number of hydrogen-bond donors (Lipinski definition) is 1. The van der Waals surface area contributed by atoms with Crippen LogP contribution in [0.5, 0.6) is 0 Å². The first kappa shape index (κ1) is 15.5. The van der Waals surface area contributed by atoms with Gasteiger partial charge in [0, 0.05) is 10.8 Å². The maximum absolute atomic E-state index is 12.8. The molecule has 23 heavy (non-hydrogen) atoms. The lowest BCUT2D eigenvalue weighted by molar-refractivity contribution is 0.0378. The van der Waals surface area contributed by atoms with Gasteiger partial charge in [0.05, 0.1) is 18.0 Å². The fourth-order valence-electron chi connectivity index (χ4n) is 3.89. The van der Waals surface area contributed by atoms with Crippen LogP contribution in [-0.2, 0) is 0 Å². The van der Waals surface area contributed by atoms with Crippen molar-refractivity contribution in [1.29, 1.82) is 0 Å². The van der Waals surface area contributed by atoms with Gasteiger partial charge >= 0.3 is 0 Å². The normalized spacial score (nSPS) is 27.0. The van der Waals surface area contributed by atoms with Gasteiger partial charge in [-0.1, -0.05) is 0 Å². The Balaban J connectivity index is 1.48. The number of alkyl halides is 2. The number of nitrogens with zero attached hydrogens (tertiary/aromatic N) is 2. The van der Waals surface area contributed by atoms with Gasteiger partial charge in [-0.3, -0.25) is 4.40 Å². The summed E-state index contributed by atoms with van der Waals surface area (Å²) >= 11 is 1.74. The molecule has 2 aliphatic rings. The highest BCUT2D eigenvalue weighted by molar-refractivity contribution is 7.17. The van der Waals surface area contributed by atoms with Crippen LogP contribution < -0.4 is 0 Å². The van der Waals surface area contributed by atoms with Crippen molar-refractivity contribution in [2.75, 3.05) is 0 Å². The van der Waals surface area contributed by atoms with Crippen LogP contribution in [0, 0.1) is 11.8 Å². The molecule has 2 heterocycles. The standard InChI is InChI=1S/C17H22F2N2OS/c18-17(19)12-3-1-10(2-4-12)7-13(22)15-16(11-5-6-11)23-14-8-20-9-21(14)15/h8-13,17,22H,1-7H2. The summed E-state index contributed by atoms with van der Waals surface area (Å²) in [5, 5.41) is 10.8. The first-order valence-corrected chi connectivity index (χ1v) is 9.36. The summed E-state index contributed by atoms with van der Waals surface area (Å²) in [7, 11) is 0. The average Bonchev–Trinajstić information content (AvgIpc) is 3.16. The second-order valence-corrected chi connectivity index (χ2v) is 8.16. The summed E-state index contributed by atoms with van der Waals surface area (Å²) in [5.74, 6) is 0.511. The number of rotatable bonds is 5. The number of aliphatic hydroxyl groups is 1. The Morgan fingerprint density at radius 2 is 1.96 bits per heavy atom. The van der Waals surface area contributed by atoms with E-state index in [4.69, 9.17) is 0 Å². The van der Waals surface area contributed by atoms with E-state index in [9.17, 15) is 13.9 Å². The zero-order chi connectivity index (χ0) is 16.0. The van der Waals surface area contributed by atoms with Gasteiger partial charge in [-0.25, -0.2) is 13.8 Å². The van der Waals surface area contributed by atoms with Gasteiger partial charge in [-0.15, -0.1) is 11.3 Å². The molecule has 0 aliphatic heterocycles. The number of hydrogen-bond acceptors (Lipinski definition) is 3. The van der Waals surface area contributed by atoms with E-state index >= 15 is 0 Å². The van der Waals surface area contributed by atoms with Crippen molar-refractivity contribution < 1.29 is 13.9 Å². The van der Waals surface area contributed by atoms with E-state index in [1.165, 1.54) is 17.7 Å². The molecule has 1 unspecified atom stereocenters. The molecule has 126 valence electrons. The number of imidazole rings is 1. The van der Waals surface area contributed by atoms with Crippen LogP contribution >= 0.6 is 11.3 Å². The zero-order valence-electron chi connectivity index (χ0n) is 13.0. The molecule has 0 aromatic carbocycles. The van der Waals surface area contributed by atoms with Crippen LogP contribution in [0.3, 0.4) is 0 Å². The third-order valence-corrected chi connectivity index (χ3v) is 6.67. The SMILES string of the molecule is OC(CC1CCC(C(F)F)CC1)c1c(C2CC2)sc2cncn12. The molecule has 1 N–H and O–H groups in total. The van der Waals surface area contributed by atoms with E-state index in [-0.39, 0.29) is 0 Å². The Morgan fingerprint density at radius 1 is 1.22 bits per heavy atom. The molecule has 2 fully saturated rings. The predicted molar refractivity (Wildman–Crippen MR) is 86.1 cm³/mol. The van der Waals surface area contributed by atoms with E-state index in [2.05, 4.69) is 4.98 Å². The number of halogens is 2. The average molecular weight is 340 g/mol. The van der Waals surface area contributed by atoms with Crippen LogP contribution in [0.15, 0.2) is 12.5 Å². The van der Waals surface area contributed by atoms with Gasteiger partial charge in [0.15, 0.2) is 0 Å². The minimum Gasteiger partial charge on any atom is -0.387 e. The lowest BCUT2D eigenvalue weighted by atomic mass is 9.79. The fraction of sp³-hybridized carbons (Fsp3) is 0.706. The summed E-state index contributed by atoms with van der Waals surface area (Å²) < 4.78 is 27.5. The number of fused-ring (bicyclic) bond motifs is 1. The van der Waals surface area contributed by atoms with Gasteiger partial charge < -0.3 is 5.11 Å². The maximum Gasteiger partial charge on any atom is 0.241 e. The van der Waals surface area contributed by atoms with Crippen molar-refractivity contribution in [2.24, 2.45) is 11.8 Å². The van der Waals surface area contributed by atoms with E-state index in [0.29, 0.717) is 31.1 Å². The van der Waals surface area contributed by atoms with Crippen molar-refractivity contribution in [1.82, 2.24) is 9.38 Å². The third kappa shape index (κ3) is 3.03. The van der Waals surface area contributed by atoms with Gasteiger partial charge in [0.1, 0.15) is 11.2 Å². The molecule has 2 aromatic heterocycles. The largest absolute Gasteiger partial charge is 0.387 e. The molecule has 0 radical (unpaired) electrons. The minimum atomic E-state index is -2.19. The van der Waals surface area contributed by atoms with E-state index in [1.807, 2.05) is 10.6 Å². The van der Waals surface area contributed by atoms with E-state index in [1.54, 1.807) is 17.7 Å². The van der Waals surface area contributed by atoms with Gasteiger partial charge in [-0.05, 0) is 56.8 Å². The highest BCUT2D eigenvalue weighted by Crippen LogP contribution is 2.48. The Kier molecular flexibility index (Phi) is 4.13. The monoisotopic (exact) mass is 340 g/mol. The molecule has 0 amide bonds. The topological polar surface area (TPSA) is 37.5 Å². The molecule has 2 aromatic rings. The van der Waals surface area contributed by atoms with Crippen molar-refractivity contribution in [3.05, 3.63) is 23.1 Å². The van der Waals surface area contributed by atoms with Crippen LogP contribution in [0.4, 0.5) is 8.78 Å². The molecule has 4 rings (SSSR count). The molecule has 0 bridgehead atoms. The van der Waals surface area contributed by atoms with Crippen molar-refractivity contribution in [3.63, 3.8) is 0 Å². The lowest BCUT2D eigenvalue weighted by Crippen LogP contribution is -2.21.